The lowest BCUT2D eigenvalue weighted by atomic mass is 9.99. The highest BCUT2D eigenvalue weighted by Gasteiger charge is 2.13. The van der Waals surface area contributed by atoms with Crippen molar-refractivity contribution in [2.24, 2.45) is 4.99 Å². The molecule has 1 heterocycles. The number of benzene rings is 2. The van der Waals surface area contributed by atoms with Gasteiger partial charge in [0, 0.05) is 40.3 Å². The van der Waals surface area contributed by atoms with Gasteiger partial charge >= 0.3 is 0 Å². The second-order valence-electron chi connectivity index (χ2n) is 6.35. The maximum Gasteiger partial charge on any atom is 0.0485 e. The molecule has 0 unspecified atom stereocenters. The summed E-state index contributed by atoms with van der Waals surface area (Å²) in [7, 11) is 0. The number of rotatable bonds is 6. The Kier molecular flexibility index (Phi) is 7.43. The second-order valence-corrected chi connectivity index (χ2v) is 7.51. The van der Waals surface area contributed by atoms with Crippen molar-refractivity contribution in [3.05, 3.63) is 99.8 Å². The van der Waals surface area contributed by atoms with Crippen molar-refractivity contribution in [3.8, 4) is 0 Å². The van der Waals surface area contributed by atoms with Crippen molar-refractivity contribution < 1.29 is 0 Å². The molecule has 3 rings (SSSR count). The number of nitrogens with zero attached hydrogens (tertiary/aromatic N) is 2. The standard InChI is InChI=1S/C25H25IN2/c1-3-27-18-16-20(22-12-5-7-14-24(22)26)10-9-11-21-17-19-28(4-2)25-15-8-6-13-23(21)25/h5-19H,3-4H2,1-2H3/b10-9-,20-16-,21-11+,27-18+. The molecule has 0 radical (unpaired) electrons. The van der Waals surface area contributed by atoms with Crippen molar-refractivity contribution in [1.82, 2.24) is 0 Å². The summed E-state index contributed by atoms with van der Waals surface area (Å²) < 4.78 is 1.23. The molecule has 0 saturated heterocycles. The van der Waals surface area contributed by atoms with E-state index in [1.54, 1.807) is 0 Å². The molecular formula is C25H25IN2. The predicted molar refractivity (Wildman–Crippen MR) is 132 cm³/mol. The quantitative estimate of drug-likeness (QED) is 0.254. The van der Waals surface area contributed by atoms with E-state index in [1.165, 1.54) is 26.0 Å². The summed E-state index contributed by atoms with van der Waals surface area (Å²) in [6.45, 7) is 5.97. The first-order valence-corrected chi connectivity index (χ1v) is 10.7. The van der Waals surface area contributed by atoms with Gasteiger partial charge in [-0.2, -0.15) is 0 Å². The Morgan fingerprint density at radius 1 is 1.07 bits per heavy atom. The van der Waals surface area contributed by atoms with Crippen LogP contribution in [-0.4, -0.2) is 19.3 Å². The summed E-state index contributed by atoms with van der Waals surface area (Å²) in [5.74, 6) is 0. The summed E-state index contributed by atoms with van der Waals surface area (Å²) in [5.41, 5.74) is 6.12. The van der Waals surface area contributed by atoms with Crippen LogP contribution >= 0.6 is 22.6 Å². The van der Waals surface area contributed by atoms with E-state index in [0.717, 1.165) is 18.7 Å². The summed E-state index contributed by atoms with van der Waals surface area (Å²) in [4.78, 5) is 6.62. The van der Waals surface area contributed by atoms with E-state index >= 15 is 0 Å². The molecule has 1 aliphatic heterocycles. The van der Waals surface area contributed by atoms with Gasteiger partial charge in [0.25, 0.3) is 0 Å². The maximum absolute atomic E-state index is 4.34. The lowest BCUT2D eigenvalue weighted by Crippen LogP contribution is -2.18. The summed E-state index contributed by atoms with van der Waals surface area (Å²) in [5, 5.41) is 0. The smallest absolute Gasteiger partial charge is 0.0485 e. The normalized spacial score (nSPS) is 15.8. The van der Waals surface area contributed by atoms with Gasteiger partial charge in [-0.3, -0.25) is 4.99 Å². The molecule has 0 spiro atoms. The predicted octanol–water partition coefficient (Wildman–Crippen LogP) is 6.76. The van der Waals surface area contributed by atoms with Gasteiger partial charge in [-0.1, -0.05) is 54.6 Å². The van der Waals surface area contributed by atoms with Crippen LogP contribution in [0.3, 0.4) is 0 Å². The molecule has 2 aromatic rings. The molecular weight excluding hydrogens is 455 g/mol. The van der Waals surface area contributed by atoms with E-state index in [0.29, 0.717) is 0 Å². The Balaban J connectivity index is 1.93. The molecule has 0 atom stereocenters. The molecule has 1 aliphatic rings. The van der Waals surface area contributed by atoms with E-state index in [9.17, 15) is 0 Å². The Labute approximate surface area is 181 Å². The van der Waals surface area contributed by atoms with Crippen LogP contribution in [0.5, 0.6) is 0 Å². The number of hydrogen-bond acceptors (Lipinski definition) is 2. The van der Waals surface area contributed by atoms with Crippen molar-refractivity contribution in [2.75, 3.05) is 18.0 Å². The third kappa shape index (κ3) is 4.90. The number of para-hydroxylation sites is 1. The molecule has 0 amide bonds. The molecule has 2 aromatic carbocycles. The summed E-state index contributed by atoms with van der Waals surface area (Å²) in [6.07, 6.45) is 14.8. The molecule has 0 N–H and O–H groups in total. The second kappa shape index (κ2) is 10.2. The number of aliphatic imine (C=N–C) groups is 1. The van der Waals surface area contributed by atoms with Crippen LogP contribution in [0.1, 0.15) is 25.0 Å². The zero-order valence-corrected chi connectivity index (χ0v) is 18.5. The third-order valence-electron chi connectivity index (χ3n) is 4.58. The van der Waals surface area contributed by atoms with Crippen molar-refractivity contribution >= 4 is 45.6 Å². The van der Waals surface area contributed by atoms with E-state index in [-0.39, 0.29) is 0 Å². The van der Waals surface area contributed by atoms with Gasteiger partial charge in [-0.25, -0.2) is 0 Å². The van der Waals surface area contributed by atoms with E-state index in [2.05, 4.69) is 125 Å². The number of anilines is 1. The van der Waals surface area contributed by atoms with Gasteiger partial charge in [-0.15, -0.1) is 0 Å². The van der Waals surface area contributed by atoms with Crippen LogP contribution in [0.25, 0.3) is 11.1 Å². The molecule has 3 heteroatoms. The van der Waals surface area contributed by atoms with Crippen LogP contribution in [0, 0.1) is 3.57 Å². The van der Waals surface area contributed by atoms with Gasteiger partial charge in [-0.05, 0) is 77.4 Å². The number of fused-ring (bicyclic) bond motifs is 1. The number of halogens is 1. The van der Waals surface area contributed by atoms with Gasteiger partial charge in [0.2, 0.25) is 0 Å². The number of hydrogen-bond donors (Lipinski definition) is 0. The van der Waals surface area contributed by atoms with E-state index in [4.69, 9.17) is 0 Å². The maximum atomic E-state index is 4.34. The summed E-state index contributed by atoms with van der Waals surface area (Å²) >= 11 is 2.39. The van der Waals surface area contributed by atoms with Crippen LogP contribution in [0.15, 0.2) is 90.1 Å². The fourth-order valence-electron chi connectivity index (χ4n) is 3.15. The minimum atomic E-state index is 0.791. The molecule has 0 saturated carbocycles. The van der Waals surface area contributed by atoms with Crippen LogP contribution in [0.4, 0.5) is 5.69 Å². The highest BCUT2D eigenvalue weighted by atomic mass is 127. The summed E-state index contributed by atoms with van der Waals surface area (Å²) in [6, 6.07) is 17.0. The first kappa shape index (κ1) is 20.3. The van der Waals surface area contributed by atoms with Crippen molar-refractivity contribution in [2.45, 2.75) is 13.8 Å². The molecule has 0 fully saturated rings. The fraction of sp³-hybridized carbons (Fsp3) is 0.160. The molecule has 0 aromatic heterocycles. The lowest BCUT2D eigenvalue weighted by Gasteiger charge is -2.26. The zero-order valence-electron chi connectivity index (χ0n) is 16.3. The average molecular weight is 480 g/mol. The molecule has 0 aliphatic carbocycles. The van der Waals surface area contributed by atoms with Gasteiger partial charge in [0.05, 0.1) is 0 Å². The average Bonchev–Trinajstić information content (AvgIpc) is 2.73. The van der Waals surface area contributed by atoms with Crippen molar-refractivity contribution in [1.29, 1.82) is 0 Å². The Hall–Kier alpha value is -2.40. The molecule has 142 valence electrons. The molecule has 2 nitrogen and oxygen atoms in total. The largest absolute Gasteiger partial charge is 0.348 e. The molecule has 0 bridgehead atoms. The monoisotopic (exact) mass is 480 g/mol. The SMILES string of the molecule is CC/N=C/C=C(/C=C\C=C1/C=CN(CC)c2ccccc21)c1ccccc1I. The zero-order chi connectivity index (χ0) is 19.8. The van der Waals surface area contributed by atoms with Crippen molar-refractivity contribution in [3.63, 3.8) is 0 Å². The first-order valence-electron chi connectivity index (χ1n) is 9.62. The highest BCUT2D eigenvalue weighted by molar-refractivity contribution is 14.1. The minimum absolute atomic E-state index is 0.791. The Bertz CT molecular complexity index is 964. The third-order valence-corrected chi connectivity index (χ3v) is 5.52. The molecule has 28 heavy (non-hydrogen) atoms. The van der Waals surface area contributed by atoms with Gasteiger partial charge in [0.15, 0.2) is 0 Å². The first-order chi connectivity index (χ1) is 13.7. The van der Waals surface area contributed by atoms with E-state index < -0.39 is 0 Å². The highest BCUT2D eigenvalue weighted by Crippen LogP contribution is 2.32. The topological polar surface area (TPSA) is 15.6 Å². The Morgan fingerprint density at radius 3 is 2.64 bits per heavy atom. The van der Waals surface area contributed by atoms with Crippen LogP contribution < -0.4 is 4.90 Å². The fourth-order valence-corrected chi connectivity index (χ4v) is 3.85. The minimum Gasteiger partial charge on any atom is -0.348 e. The Morgan fingerprint density at radius 2 is 1.86 bits per heavy atom. The van der Waals surface area contributed by atoms with Gasteiger partial charge < -0.3 is 4.90 Å². The van der Waals surface area contributed by atoms with Crippen LogP contribution in [0.2, 0.25) is 0 Å². The van der Waals surface area contributed by atoms with E-state index in [1.807, 2.05) is 13.1 Å². The lowest BCUT2D eigenvalue weighted by molar-refractivity contribution is 1.01. The van der Waals surface area contributed by atoms with Crippen LogP contribution in [-0.2, 0) is 0 Å². The number of allylic oxidation sites excluding steroid dienone is 7. The van der Waals surface area contributed by atoms with Gasteiger partial charge in [0.1, 0.15) is 0 Å².